The van der Waals surface area contributed by atoms with Crippen molar-refractivity contribution < 1.29 is 14.3 Å². The van der Waals surface area contributed by atoms with Crippen LogP contribution >= 0.6 is 11.6 Å². The number of fused-ring (bicyclic) bond motifs is 2. The molecule has 0 radical (unpaired) electrons. The molecule has 4 nitrogen and oxygen atoms in total. The van der Waals surface area contributed by atoms with Crippen molar-refractivity contribution in [2.24, 2.45) is 0 Å². The van der Waals surface area contributed by atoms with Gasteiger partial charge in [-0.05, 0) is 48.4 Å². The molecule has 0 aromatic heterocycles. The third-order valence-electron chi connectivity index (χ3n) is 4.38. The Labute approximate surface area is 151 Å². The molecule has 25 heavy (non-hydrogen) atoms. The summed E-state index contributed by atoms with van der Waals surface area (Å²) in [6, 6.07) is 10.9. The molecule has 128 valence electrons. The quantitative estimate of drug-likeness (QED) is 0.656. The van der Waals surface area contributed by atoms with Gasteiger partial charge in [-0.15, -0.1) is 0 Å². The standard InChI is InChI=1S/C20H18ClNO3/c21-15-4-2-13(3-5-15)18(23)12-17-16-11-20-19(24-8-1-9-25-20)10-14(16)6-7-22-17/h2-5,10-12,22H,1,6-9H2. The van der Waals surface area contributed by atoms with Crippen LogP contribution in [0.1, 0.15) is 27.9 Å². The smallest absolute Gasteiger partial charge is 0.187 e. The molecule has 0 amide bonds. The van der Waals surface area contributed by atoms with E-state index in [1.807, 2.05) is 12.1 Å². The molecule has 0 bridgehead atoms. The summed E-state index contributed by atoms with van der Waals surface area (Å²) in [6.07, 6.45) is 3.40. The lowest BCUT2D eigenvalue weighted by molar-refractivity contribution is 0.104. The molecule has 2 heterocycles. The monoisotopic (exact) mass is 355 g/mol. The first-order valence-corrected chi connectivity index (χ1v) is 8.77. The predicted octanol–water partition coefficient (Wildman–Crippen LogP) is 3.87. The van der Waals surface area contributed by atoms with Gasteiger partial charge in [0, 0.05) is 40.9 Å². The van der Waals surface area contributed by atoms with Gasteiger partial charge in [-0.2, -0.15) is 0 Å². The summed E-state index contributed by atoms with van der Waals surface area (Å²) in [4.78, 5) is 12.6. The summed E-state index contributed by atoms with van der Waals surface area (Å²) >= 11 is 5.89. The molecule has 2 aliphatic heterocycles. The van der Waals surface area contributed by atoms with Gasteiger partial charge < -0.3 is 14.8 Å². The molecule has 0 spiro atoms. The van der Waals surface area contributed by atoms with E-state index >= 15 is 0 Å². The number of rotatable bonds is 2. The summed E-state index contributed by atoms with van der Waals surface area (Å²) in [7, 11) is 0. The van der Waals surface area contributed by atoms with Crippen molar-refractivity contribution in [3.8, 4) is 11.5 Å². The zero-order chi connectivity index (χ0) is 17.2. The van der Waals surface area contributed by atoms with Crippen LogP contribution in [0.15, 0.2) is 42.5 Å². The SMILES string of the molecule is O=C(C=C1NCCc2cc3c(cc21)OCCCO3)c1ccc(Cl)cc1. The molecule has 2 aromatic rings. The average molecular weight is 356 g/mol. The Bertz CT molecular complexity index is 843. The highest BCUT2D eigenvalue weighted by Crippen LogP contribution is 2.36. The number of hydrogen-bond donors (Lipinski definition) is 1. The first-order valence-electron chi connectivity index (χ1n) is 8.39. The largest absolute Gasteiger partial charge is 0.490 e. The number of halogens is 1. The van der Waals surface area contributed by atoms with E-state index in [9.17, 15) is 4.79 Å². The number of hydrogen-bond acceptors (Lipinski definition) is 4. The van der Waals surface area contributed by atoms with Crippen molar-refractivity contribution in [1.82, 2.24) is 5.32 Å². The summed E-state index contributed by atoms with van der Waals surface area (Å²) in [5.74, 6) is 1.48. The van der Waals surface area contributed by atoms with E-state index in [4.69, 9.17) is 21.1 Å². The number of nitrogens with one attached hydrogen (secondary N) is 1. The van der Waals surface area contributed by atoms with Crippen LogP contribution < -0.4 is 14.8 Å². The van der Waals surface area contributed by atoms with Crippen molar-refractivity contribution in [2.75, 3.05) is 19.8 Å². The van der Waals surface area contributed by atoms with Crippen LogP contribution in [-0.2, 0) is 6.42 Å². The molecule has 0 aliphatic carbocycles. The molecule has 0 saturated heterocycles. The van der Waals surface area contributed by atoms with Crippen LogP contribution in [0, 0.1) is 0 Å². The number of ketones is 1. The maximum absolute atomic E-state index is 12.6. The van der Waals surface area contributed by atoms with Gasteiger partial charge >= 0.3 is 0 Å². The van der Waals surface area contributed by atoms with Crippen LogP contribution in [0.3, 0.4) is 0 Å². The molecule has 0 fully saturated rings. The van der Waals surface area contributed by atoms with Gasteiger partial charge in [0.2, 0.25) is 0 Å². The first kappa shape index (κ1) is 16.0. The van der Waals surface area contributed by atoms with Gasteiger partial charge in [-0.3, -0.25) is 4.79 Å². The Kier molecular flexibility index (Phi) is 4.36. The normalized spacial score (nSPS) is 17.4. The second kappa shape index (κ2) is 6.81. The van der Waals surface area contributed by atoms with E-state index in [0.29, 0.717) is 23.8 Å². The van der Waals surface area contributed by atoms with Crippen LogP contribution in [0.2, 0.25) is 5.02 Å². The highest BCUT2D eigenvalue weighted by atomic mass is 35.5. The Morgan fingerprint density at radius 1 is 1.08 bits per heavy atom. The lowest BCUT2D eigenvalue weighted by Gasteiger charge is -2.23. The second-order valence-electron chi connectivity index (χ2n) is 6.11. The lowest BCUT2D eigenvalue weighted by atomic mass is 9.95. The molecular formula is C20H18ClNO3. The predicted molar refractivity (Wildman–Crippen MR) is 97.5 cm³/mol. The number of allylic oxidation sites excluding steroid dienone is 1. The van der Waals surface area contributed by atoms with E-state index in [1.165, 1.54) is 0 Å². The van der Waals surface area contributed by atoms with Gasteiger partial charge in [0.25, 0.3) is 0 Å². The molecule has 5 heteroatoms. The van der Waals surface area contributed by atoms with E-state index < -0.39 is 0 Å². The van der Waals surface area contributed by atoms with Crippen molar-refractivity contribution in [3.05, 3.63) is 64.2 Å². The maximum atomic E-state index is 12.6. The first-order chi connectivity index (χ1) is 12.2. The Balaban J connectivity index is 1.70. The Hall–Kier alpha value is -2.46. The highest BCUT2D eigenvalue weighted by molar-refractivity contribution is 6.30. The van der Waals surface area contributed by atoms with Crippen LogP contribution in [0.4, 0.5) is 0 Å². The Morgan fingerprint density at radius 2 is 1.80 bits per heavy atom. The third kappa shape index (κ3) is 3.35. The van der Waals surface area contributed by atoms with Crippen molar-refractivity contribution in [2.45, 2.75) is 12.8 Å². The number of benzene rings is 2. The summed E-state index contributed by atoms with van der Waals surface area (Å²) in [6.45, 7) is 2.09. The zero-order valence-electron chi connectivity index (χ0n) is 13.7. The molecule has 0 unspecified atom stereocenters. The highest BCUT2D eigenvalue weighted by Gasteiger charge is 2.20. The molecule has 2 aromatic carbocycles. The van der Waals surface area contributed by atoms with Crippen LogP contribution in [0.25, 0.3) is 5.70 Å². The third-order valence-corrected chi connectivity index (χ3v) is 4.63. The summed E-state index contributed by atoms with van der Waals surface area (Å²) in [5, 5.41) is 3.94. The van der Waals surface area contributed by atoms with Gasteiger partial charge in [0.1, 0.15) is 0 Å². The van der Waals surface area contributed by atoms with Crippen molar-refractivity contribution in [1.29, 1.82) is 0 Å². The van der Waals surface area contributed by atoms with Gasteiger partial charge in [-0.1, -0.05) is 11.6 Å². The second-order valence-corrected chi connectivity index (χ2v) is 6.55. The van der Waals surface area contributed by atoms with Crippen LogP contribution in [-0.4, -0.2) is 25.5 Å². The lowest BCUT2D eigenvalue weighted by Crippen LogP contribution is -2.23. The molecule has 4 rings (SSSR count). The van der Waals surface area contributed by atoms with E-state index in [1.54, 1.807) is 30.3 Å². The van der Waals surface area contributed by atoms with Gasteiger partial charge in [-0.25, -0.2) is 0 Å². The zero-order valence-corrected chi connectivity index (χ0v) is 14.4. The molecule has 0 atom stereocenters. The summed E-state index contributed by atoms with van der Waals surface area (Å²) < 4.78 is 11.6. The fourth-order valence-corrected chi connectivity index (χ4v) is 3.22. The van der Waals surface area contributed by atoms with E-state index in [2.05, 4.69) is 5.32 Å². The van der Waals surface area contributed by atoms with Crippen molar-refractivity contribution in [3.63, 3.8) is 0 Å². The number of carbonyl (C=O) groups is 1. The van der Waals surface area contributed by atoms with E-state index in [-0.39, 0.29) is 5.78 Å². The summed E-state index contributed by atoms with van der Waals surface area (Å²) in [5.41, 5.74) is 3.59. The molecule has 1 N–H and O–H groups in total. The topological polar surface area (TPSA) is 47.6 Å². The fourth-order valence-electron chi connectivity index (χ4n) is 3.09. The Morgan fingerprint density at radius 3 is 2.56 bits per heavy atom. The minimum absolute atomic E-state index is 0.0564. The molecule has 0 saturated carbocycles. The maximum Gasteiger partial charge on any atom is 0.187 e. The average Bonchev–Trinajstić information content (AvgIpc) is 2.85. The molecule has 2 aliphatic rings. The minimum Gasteiger partial charge on any atom is -0.490 e. The van der Waals surface area contributed by atoms with Crippen molar-refractivity contribution >= 4 is 23.1 Å². The van der Waals surface area contributed by atoms with Gasteiger partial charge in [0.15, 0.2) is 17.3 Å². The van der Waals surface area contributed by atoms with Crippen LogP contribution in [0.5, 0.6) is 11.5 Å². The number of ether oxygens (including phenoxy) is 2. The number of carbonyl (C=O) groups excluding carboxylic acids is 1. The minimum atomic E-state index is -0.0564. The fraction of sp³-hybridized carbons (Fsp3) is 0.250. The van der Waals surface area contributed by atoms with Gasteiger partial charge in [0.05, 0.1) is 13.2 Å². The van der Waals surface area contributed by atoms with E-state index in [0.717, 1.165) is 47.7 Å². The molecular weight excluding hydrogens is 338 g/mol.